The largest absolute Gasteiger partial charge is 0.456 e. The van der Waals surface area contributed by atoms with Gasteiger partial charge >= 0.3 is 0 Å². The van der Waals surface area contributed by atoms with E-state index in [0.717, 1.165) is 83.2 Å². The Morgan fingerprint density at radius 2 is 0.939 bits per heavy atom. The highest BCUT2D eigenvalue weighted by atomic mass is 16.3. The molecule has 3 heteroatoms. The second-order valence-corrected chi connectivity index (χ2v) is 12.5. The van der Waals surface area contributed by atoms with Crippen molar-refractivity contribution in [3.05, 3.63) is 176 Å². The molecule has 0 saturated carbocycles. The summed E-state index contributed by atoms with van der Waals surface area (Å²) in [5.74, 6) is 0. The van der Waals surface area contributed by atoms with E-state index in [1.54, 1.807) is 0 Å². The molecule has 2 aromatic heterocycles. The van der Waals surface area contributed by atoms with E-state index in [4.69, 9.17) is 8.83 Å². The molecule has 10 rings (SSSR count). The van der Waals surface area contributed by atoms with Crippen molar-refractivity contribution in [3.8, 4) is 22.3 Å². The van der Waals surface area contributed by atoms with Gasteiger partial charge < -0.3 is 13.7 Å². The van der Waals surface area contributed by atoms with Crippen molar-refractivity contribution in [1.29, 1.82) is 0 Å². The molecule has 0 bridgehead atoms. The highest BCUT2D eigenvalue weighted by Crippen LogP contribution is 2.45. The summed E-state index contributed by atoms with van der Waals surface area (Å²) in [6.07, 6.45) is 0. The highest BCUT2D eigenvalue weighted by molar-refractivity contribution is 6.27. The maximum Gasteiger partial charge on any atom is 0.143 e. The summed E-state index contributed by atoms with van der Waals surface area (Å²) in [7, 11) is 0. The predicted molar refractivity (Wildman–Crippen MR) is 204 cm³/mol. The maximum absolute atomic E-state index is 6.77. The molecule has 0 radical (unpaired) electrons. The van der Waals surface area contributed by atoms with E-state index >= 15 is 0 Å². The molecule has 10 aromatic rings. The summed E-state index contributed by atoms with van der Waals surface area (Å²) in [4.78, 5) is 2.29. The first-order valence-electron chi connectivity index (χ1n) is 16.6. The Hall–Kier alpha value is -6.58. The van der Waals surface area contributed by atoms with Crippen molar-refractivity contribution in [2.24, 2.45) is 0 Å². The smallest absolute Gasteiger partial charge is 0.143 e. The first-order chi connectivity index (χ1) is 24.3. The van der Waals surface area contributed by atoms with E-state index in [0.29, 0.717) is 0 Å². The Bertz CT molecular complexity index is 2770. The molecule has 0 fully saturated rings. The fourth-order valence-corrected chi connectivity index (χ4v) is 7.33. The molecule has 0 spiro atoms. The van der Waals surface area contributed by atoms with E-state index in [-0.39, 0.29) is 0 Å². The van der Waals surface area contributed by atoms with Crippen molar-refractivity contribution in [3.63, 3.8) is 0 Å². The normalized spacial score (nSPS) is 11.7. The molecule has 0 aliphatic carbocycles. The first-order valence-corrected chi connectivity index (χ1v) is 16.6. The molecule has 49 heavy (non-hydrogen) atoms. The van der Waals surface area contributed by atoms with Crippen LogP contribution >= 0.6 is 0 Å². The van der Waals surface area contributed by atoms with Crippen molar-refractivity contribution in [1.82, 2.24) is 0 Å². The monoisotopic (exact) mass is 627 g/mol. The van der Waals surface area contributed by atoms with E-state index in [2.05, 4.69) is 157 Å². The van der Waals surface area contributed by atoms with Gasteiger partial charge in [0, 0.05) is 44.2 Å². The molecule has 2 heterocycles. The molecule has 8 aromatic carbocycles. The minimum Gasteiger partial charge on any atom is -0.456 e. The van der Waals surface area contributed by atoms with Crippen LogP contribution in [0.5, 0.6) is 0 Å². The van der Waals surface area contributed by atoms with Gasteiger partial charge in [0.2, 0.25) is 0 Å². The van der Waals surface area contributed by atoms with Crippen LogP contribution in [0.4, 0.5) is 17.1 Å². The van der Waals surface area contributed by atoms with Crippen molar-refractivity contribution in [2.75, 3.05) is 4.90 Å². The minimum absolute atomic E-state index is 0.852. The van der Waals surface area contributed by atoms with Gasteiger partial charge in [-0.05, 0) is 100 Å². The van der Waals surface area contributed by atoms with Gasteiger partial charge in [-0.3, -0.25) is 0 Å². The second-order valence-electron chi connectivity index (χ2n) is 12.5. The molecule has 0 aliphatic heterocycles. The van der Waals surface area contributed by atoms with Gasteiger partial charge in [0.1, 0.15) is 22.3 Å². The van der Waals surface area contributed by atoms with E-state index in [1.807, 2.05) is 24.3 Å². The number of benzene rings is 8. The molecule has 3 nitrogen and oxygen atoms in total. The zero-order valence-corrected chi connectivity index (χ0v) is 26.5. The van der Waals surface area contributed by atoms with Gasteiger partial charge in [-0.2, -0.15) is 0 Å². The molecular weight excluding hydrogens is 599 g/mol. The van der Waals surface area contributed by atoms with Gasteiger partial charge in [0.05, 0.1) is 0 Å². The highest BCUT2D eigenvalue weighted by Gasteiger charge is 2.20. The molecule has 0 atom stereocenters. The summed E-state index contributed by atoms with van der Waals surface area (Å²) >= 11 is 0. The lowest BCUT2D eigenvalue weighted by Crippen LogP contribution is -2.09. The summed E-state index contributed by atoms with van der Waals surface area (Å²) in [5.41, 5.74) is 11.2. The molecule has 0 N–H and O–H groups in total. The Labute approximate surface area is 282 Å². The van der Waals surface area contributed by atoms with Gasteiger partial charge in [-0.1, -0.05) is 103 Å². The number of hydrogen-bond donors (Lipinski definition) is 0. The Kier molecular flexibility index (Phi) is 6.18. The number of para-hydroxylation sites is 3. The van der Waals surface area contributed by atoms with Crippen LogP contribution in [-0.4, -0.2) is 0 Å². The van der Waals surface area contributed by atoms with Gasteiger partial charge in [0.25, 0.3) is 0 Å². The molecule has 0 unspecified atom stereocenters. The number of fused-ring (bicyclic) bond motifs is 8. The lowest BCUT2D eigenvalue weighted by atomic mass is 9.93. The SMILES string of the molecule is c1ccc(N(c2ccccc2)c2ccc(-c3cc(-c4ccc5ccccc5c4)c4oc5ccc6oc7ccccc7c6c5c4c3)cc2)cc1. The number of anilines is 3. The Morgan fingerprint density at radius 1 is 0.347 bits per heavy atom. The quantitative estimate of drug-likeness (QED) is 0.190. The van der Waals surface area contributed by atoms with Crippen LogP contribution in [0.25, 0.3) is 76.9 Å². The van der Waals surface area contributed by atoms with E-state index in [9.17, 15) is 0 Å². The Balaban J connectivity index is 1.20. The fraction of sp³-hybridized carbons (Fsp3) is 0. The number of hydrogen-bond acceptors (Lipinski definition) is 3. The molecular formula is C46H29NO2. The third kappa shape index (κ3) is 4.51. The topological polar surface area (TPSA) is 29.5 Å². The van der Waals surface area contributed by atoms with Crippen LogP contribution in [0, 0.1) is 0 Å². The number of rotatable bonds is 5. The zero-order valence-electron chi connectivity index (χ0n) is 26.5. The van der Waals surface area contributed by atoms with Crippen LogP contribution in [0.2, 0.25) is 0 Å². The third-order valence-electron chi connectivity index (χ3n) is 9.62. The fourth-order valence-electron chi connectivity index (χ4n) is 7.33. The first kappa shape index (κ1) is 27.5. The molecule has 0 amide bonds. The van der Waals surface area contributed by atoms with Crippen molar-refractivity contribution < 1.29 is 8.83 Å². The van der Waals surface area contributed by atoms with Crippen LogP contribution in [-0.2, 0) is 0 Å². The molecule has 0 saturated heterocycles. The lowest BCUT2D eigenvalue weighted by molar-refractivity contribution is 0.663. The average molecular weight is 628 g/mol. The van der Waals surface area contributed by atoms with E-state index < -0.39 is 0 Å². The summed E-state index contributed by atoms with van der Waals surface area (Å²) < 4.78 is 13.1. The molecule has 230 valence electrons. The molecule has 0 aliphatic rings. The van der Waals surface area contributed by atoms with Gasteiger partial charge in [0.15, 0.2) is 0 Å². The standard InChI is InChI=1S/C46H29NO2/c1-3-13-35(14-4-1)47(36-15-5-2-6-16-36)37-23-21-31(22-24-37)34-28-39(33-20-19-30-11-7-8-12-32(30)27-33)46-40(29-34)45-43(49-46)26-25-42-44(45)38-17-9-10-18-41(38)48-42/h1-29H. The minimum atomic E-state index is 0.852. The van der Waals surface area contributed by atoms with Gasteiger partial charge in [-0.25, -0.2) is 0 Å². The van der Waals surface area contributed by atoms with Crippen molar-refractivity contribution in [2.45, 2.75) is 0 Å². The zero-order chi connectivity index (χ0) is 32.3. The number of furan rings is 2. The van der Waals surface area contributed by atoms with E-state index in [1.165, 1.54) is 10.8 Å². The van der Waals surface area contributed by atoms with Crippen LogP contribution in [0.3, 0.4) is 0 Å². The third-order valence-corrected chi connectivity index (χ3v) is 9.62. The predicted octanol–water partition coefficient (Wildman–Crippen LogP) is 13.4. The summed E-state index contributed by atoms with van der Waals surface area (Å²) in [6.45, 7) is 0. The average Bonchev–Trinajstić information content (AvgIpc) is 3.74. The maximum atomic E-state index is 6.77. The summed E-state index contributed by atoms with van der Waals surface area (Å²) in [6, 6.07) is 62.0. The van der Waals surface area contributed by atoms with Crippen molar-refractivity contribution >= 4 is 71.7 Å². The second kappa shape index (κ2) is 11.0. The van der Waals surface area contributed by atoms with Crippen LogP contribution in [0.1, 0.15) is 0 Å². The van der Waals surface area contributed by atoms with Gasteiger partial charge in [-0.15, -0.1) is 0 Å². The number of nitrogens with zero attached hydrogens (tertiary/aromatic N) is 1. The van der Waals surface area contributed by atoms with Crippen LogP contribution < -0.4 is 4.90 Å². The summed E-state index contributed by atoms with van der Waals surface area (Å²) in [5, 5.41) is 6.75. The Morgan fingerprint density at radius 3 is 1.69 bits per heavy atom. The lowest BCUT2D eigenvalue weighted by Gasteiger charge is -2.25. The van der Waals surface area contributed by atoms with Crippen LogP contribution in [0.15, 0.2) is 185 Å².